The molecule has 0 bridgehead atoms. The van der Waals surface area contributed by atoms with E-state index in [-0.39, 0.29) is 0 Å². The molecule has 2 aromatic carbocycles. The molecule has 0 nitrogen and oxygen atoms in total. The fourth-order valence-corrected chi connectivity index (χ4v) is 2.14. The molecule has 0 aliphatic carbocycles. The smallest absolute Gasteiger partial charge is 0.166 e. The van der Waals surface area contributed by atoms with Crippen LogP contribution in [0.4, 0.5) is 13.2 Å². The van der Waals surface area contributed by atoms with Crippen molar-refractivity contribution >= 4 is 11.6 Å². The lowest BCUT2D eigenvalue weighted by Gasteiger charge is -2.12. The Morgan fingerprint density at radius 2 is 1.58 bits per heavy atom. The highest BCUT2D eigenvalue weighted by Gasteiger charge is 2.30. The summed E-state index contributed by atoms with van der Waals surface area (Å²) in [5, 5.41) is -0.442. The van der Waals surface area contributed by atoms with Gasteiger partial charge in [0.2, 0.25) is 0 Å². The third-order valence-corrected chi connectivity index (χ3v) is 3.37. The van der Waals surface area contributed by atoms with Crippen LogP contribution in [-0.4, -0.2) is 0 Å². The van der Waals surface area contributed by atoms with Gasteiger partial charge in [0, 0.05) is 0 Å². The van der Waals surface area contributed by atoms with Crippen LogP contribution in [0.25, 0.3) is 0 Å². The number of aryl methyl sites for hydroxylation is 1. The molecule has 0 aliphatic rings. The number of hydrogen-bond donors (Lipinski definition) is 0. The number of halogens is 4. The molecule has 0 spiro atoms. The summed E-state index contributed by atoms with van der Waals surface area (Å²) in [6, 6.07) is 12.6. The fraction of sp³-hybridized carbons (Fsp3) is 0.200. The van der Waals surface area contributed by atoms with E-state index in [0.29, 0.717) is 5.56 Å². The zero-order valence-corrected chi connectivity index (χ0v) is 11.0. The van der Waals surface area contributed by atoms with Crippen molar-refractivity contribution < 1.29 is 13.2 Å². The lowest BCUT2D eigenvalue weighted by Crippen LogP contribution is -2.05. The molecule has 4 heteroatoms. The first-order chi connectivity index (χ1) is 8.88. The predicted octanol–water partition coefficient (Wildman–Crippen LogP) is 5.34. The summed E-state index contributed by atoms with van der Waals surface area (Å²) in [4.78, 5) is 0. The summed E-state index contributed by atoms with van der Waals surface area (Å²) in [6.07, 6.45) is -4.32. The first-order valence-electron chi connectivity index (χ1n) is 5.76. The molecular weight excluding hydrogens is 273 g/mol. The Balaban J connectivity index is 2.27. The van der Waals surface area contributed by atoms with E-state index >= 15 is 0 Å². The third kappa shape index (κ3) is 3.29. The fourth-order valence-electron chi connectivity index (χ4n) is 1.86. The lowest BCUT2D eigenvalue weighted by molar-refractivity contribution is -0.137. The van der Waals surface area contributed by atoms with E-state index in [1.54, 1.807) is 0 Å². The highest BCUT2D eigenvalue weighted by molar-refractivity contribution is 6.22. The Morgan fingerprint density at radius 1 is 0.947 bits per heavy atom. The van der Waals surface area contributed by atoms with E-state index in [0.717, 1.165) is 23.3 Å². The summed E-state index contributed by atoms with van der Waals surface area (Å²) in [5.74, 6) is 0. The van der Waals surface area contributed by atoms with Crippen molar-refractivity contribution in [3.05, 3.63) is 70.8 Å². The van der Waals surface area contributed by atoms with Gasteiger partial charge in [0.25, 0.3) is 0 Å². The molecule has 0 fully saturated rings. The summed E-state index contributed by atoms with van der Waals surface area (Å²) in [7, 11) is 0. The molecule has 0 N–H and O–H groups in total. The number of rotatable bonds is 2. The largest absolute Gasteiger partial charge is 0.416 e. The van der Waals surface area contributed by atoms with Crippen LogP contribution in [0.15, 0.2) is 48.5 Å². The predicted molar refractivity (Wildman–Crippen MR) is 70.3 cm³/mol. The minimum Gasteiger partial charge on any atom is -0.166 e. The topological polar surface area (TPSA) is 0 Å². The van der Waals surface area contributed by atoms with E-state index in [2.05, 4.69) is 0 Å². The minimum absolute atomic E-state index is 0.442. The maximum absolute atomic E-state index is 12.5. The minimum atomic E-state index is -4.32. The average Bonchev–Trinajstić information content (AvgIpc) is 2.37. The number of benzene rings is 2. The van der Waals surface area contributed by atoms with Gasteiger partial charge in [-0.2, -0.15) is 13.2 Å². The monoisotopic (exact) mass is 284 g/mol. The molecule has 1 atom stereocenters. The second-order valence-corrected chi connectivity index (χ2v) is 4.83. The Kier molecular flexibility index (Phi) is 3.85. The number of alkyl halides is 4. The Morgan fingerprint density at radius 3 is 2.11 bits per heavy atom. The Bertz CT molecular complexity index is 558. The highest BCUT2D eigenvalue weighted by Crippen LogP contribution is 2.33. The summed E-state index contributed by atoms with van der Waals surface area (Å²) in [6.45, 7) is 1.94. The van der Waals surface area contributed by atoms with Crippen LogP contribution in [0.5, 0.6) is 0 Å². The van der Waals surface area contributed by atoms with Crippen LogP contribution in [0.3, 0.4) is 0 Å². The molecule has 0 radical (unpaired) electrons. The highest BCUT2D eigenvalue weighted by atomic mass is 35.5. The summed E-state index contributed by atoms with van der Waals surface area (Å²) >= 11 is 6.29. The molecular formula is C15H12ClF3. The van der Waals surface area contributed by atoms with E-state index < -0.39 is 17.1 Å². The molecule has 0 saturated carbocycles. The van der Waals surface area contributed by atoms with Gasteiger partial charge in [0.15, 0.2) is 0 Å². The van der Waals surface area contributed by atoms with Gasteiger partial charge in [-0.15, -0.1) is 11.6 Å². The van der Waals surface area contributed by atoms with Gasteiger partial charge in [-0.1, -0.05) is 42.0 Å². The lowest BCUT2D eigenvalue weighted by atomic mass is 10.0. The molecule has 0 aromatic heterocycles. The molecule has 0 heterocycles. The van der Waals surface area contributed by atoms with E-state index in [9.17, 15) is 13.2 Å². The summed E-state index contributed by atoms with van der Waals surface area (Å²) in [5.41, 5.74) is 1.93. The number of hydrogen-bond acceptors (Lipinski definition) is 0. The van der Waals surface area contributed by atoms with E-state index in [4.69, 9.17) is 11.6 Å². The molecule has 0 aliphatic heterocycles. The standard InChI is InChI=1S/C15H12ClF3/c1-10-3-2-4-12(9-10)14(16)11-5-7-13(8-6-11)15(17,18)19/h2-9,14H,1H3. The van der Waals surface area contributed by atoms with Gasteiger partial charge in [-0.05, 0) is 30.2 Å². The molecule has 19 heavy (non-hydrogen) atoms. The third-order valence-electron chi connectivity index (χ3n) is 2.87. The molecule has 2 aromatic rings. The van der Waals surface area contributed by atoms with Crippen LogP contribution >= 0.6 is 11.6 Å². The van der Waals surface area contributed by atoms with Gasteiger partial charge in [0.05, 0.1) is 10.9 Å². The van der Waals surface area contributed by atoms with E-state index in [1.165, 1.54) is 12.1 Å². The molecule has 2 rings (SSSR count). The Labute approximate surface area is 114 Å². The van der Waals surface area contributed by atoms with Gasteiger partial charge in [-0.25, -0.2) is 0 Å². The van der Waals surface area contributed by atoms with Crippen LogP contribution in [0.1, 0.15) is 27.6 Å². The van der Waals surface area contributed by atoms with Crippen molar-refractivity contribution in [1.82, 2.24) is 0 Å². The maximum atomic E-state index is 12.5. The van der Waals surface area contributed by atoms with Gasteiger partial charge in [-0.3, -0.25) is 0 Å². The van der Waals surface area contributed by atoms with Crippen molar-refractivity contribution in [2.75, 3.05) is 0 Å². The van der Waals surface area contributed by atoms with Crippen molar-refractivity contribution in [2.24, 2.45) is 0 Å². The Hall–Kier alpha value is -1.48. The first-order valence-corrected chi connectivity index (χ1v) is 6.19. The van der Waals surface area contributed by atoms with Crippen LogP contribution in [-0.2, 0) is 6.18 Å². The van der Waals surface area contributed by atoms with Gasteiger partial charge < -0.3 is 0 Å². The van der Waals surface area contributed by atoms with Crippen LogP contribution in [0, 0.1) is 6.92 Å². The second kappa shape index (κ2) is 5.25. The molecule has 100 valence electrons. The average molecular weight is 285 g/mol. The zero-order valence-electron chi connectivity index (χ0n) is 10.2. The van der Waals surface area contributed by atoms with E-state index in [1.807, 2.05) is 31.2 Å². The van der Waals surface area contributed by atoms with Crippen molar-refractivity contribution in [3.8, 4) is 0 Å². The van der Waals surface area contributed by atoms with Crippen LogP contribution in [0.2, 0.25) is 0 Å². The molecule has 0 saturated heterocycles. The SMILES string of the molecule is Cc1cccc(C(Cl)c2ccc(C(F)(F)F)cc2)c1. The normalized spacial score (nSPS) is 13.3. The molecule has 1 unspecified atom stereocenters. The van der Waals surface area contributed by atoms with Crippen LogP contribution < -0.4 is 0 Å². The zero-order chi connectivity index (χ0) is 14.0. The van der Waals surface area contributed by atoms with Crippen molar-refractivity contribution in [3.63, 3.8) is 0 Å². The first kappa shape index (κ1) is 13.9. The maximum Gasteiger partial charge on any atom is 0.416 e. The van der Waals surface area contributed by atoms with Gasteiger partial charge >= 0.3 is 6.18 Å². The molecule has 0 amide bonds. The van der Waals surface area contributed by atoms with Crippen molar-refractivity contribution in [2.45, 2.75) is 18.5 Å². The second-order valence-electron chi connectivity index (χ2n) is 4.40. The summed E-state index contributed by atoms with van der Waals surface area (Å²) < 4.78 is 37.4. The quantitative estimate of drug-likeness (QED) is 0.653. The van der Waals surface area contributed by atoms with Gasteiger partial charge in [0.1, 0.15) is 0 Å². The van der Waals surface area contributed by atoms with Crippen molar-refractivity contribution in [1.29, 1.82) is 0 Å².